The minimum atomic E-state index is -4.14. The van der Waals surface area contributed by atoms with Crippen LogP contribution in [0.15, 0.2) is 47.3 Å². The second-order valence-electron chi connectivity index (χ2n) is 6.49. The summed E-state index contributed by atoms with van der Waals surface area (Å²) in [6.45, 7) is 1.20. The molecule has 0 aliphatic carbocycles. The van der Waals surface area contributed by atoms with Crippen LogP contribution in [-0.4, -0.2) is 23.9 Å². The molecule has 3 aromatic rings. The summed E-state index contributed by atoms with van der Waals surface area (Å²) in [5.41, 5.74) is -1.21. The second kappa shape index (κ2) is 6.88. The first-order valence-electron chi connectivity index (χ1n) is 8.93. The first-order valence-corrected chi connectivity index (χ1v) is 8.93. The lowest BCUT2D eigenvalue weighted by atomic mass is 9.97. The minimum absolute atomic E-state index is 0.0152. The number of pyridine rings is 1. The molecular formula is C21H17F2NO5. The molecule has 0 bridgehead atoms. The Kier molecular flexibility index (Phi) is 4.49. The van der Waals surface area contributed by atoms with Crippen molar-refractivity contribution in [1.29, 1.82) is 0 Å². The third-order valence-corrected chi connectivity index (χ3v) is 4.80. The molecule has 0 fully saturated rings. The van der Waals surface area contributed by atoms with Crippen LogP contribution in [0, 0.1) is 0 Å². The van der Waals surface area contributed by atoms with Gasteiger partial charge in [0.1, 0.15) is 5.56 Å². The number of alkyl halides is 2. The smallest absolute Gasteiger partial charge is 0.382 e. The zero-order valence-corrected chi connectivity index (χ0v) is 15.7. The van der Waals surface area contributed by atoms with Crippen molar-refractivity contribution in [3.63, 3.8) is 0 Å². The molecule has 1 aliphatic heterocycles. The van der Waals surface area contributed by atoms with Crippen molar-refractivity contribution in [2.24, 2.45) is 7.05 Å². The first kappa shape index (κ1) is 18.9. The number of esters is 1. The Morgan fingerprint density at radius 1 is 1.17 bits per heavy atom. The number of fused-ring (bicyclic) bond motifs is 2. The van der Waals surface area contributed by atoms with Crippen LogP contribution in [0.3, 0.4) is 0 Å². The summed E-state index contributed by atoms with van der Waals surface area (Å²) in [4.78, 5) is 25.2. The maximum Gasteiger partial charge on any atom is 0.382 e. The quantitative estimate of drug-likeness (QED) is 0.625. The van der Waals surface area contributed by atoms with Gasteiger partial charge >= 0.3 is 11.9 Å². The largest absolute Gasteiger partial charge is 0.461 e. The summed E-state index contributed by atoms with van der Waals surface area (Å²) in [7, 11) is 1.56. The van der Waals surface area contributed by atoms with E-state index in [2.05, 4.69) is 4.74 Å². The number of ether oxygens (including phenoxy) is 3. The molecule has 1 aromatic heterocycles. The van der Waals surface area contributed by atoms with Crippen LogP contribution in [0.2, 0.25) is 0 Å². The first-order chi connectivity index (χ1) is 13.9. The topological polar surface area (TPSA) is 66.8 Å². The van der Waals surface area contributed by atoms with Gasteiger partial charge in [-0.2, -0.15) is 8.78 Å². The lowest BCUT2D eigenvalue weighted by molar-refractivity contribution is -0.173. The Bertz CT molecular complexity index is 1190. The minimum Gasteiger partial charge on any atom is -0.461 e. The van der Waals surface area contributed by atoms with Gasteiger partial charge in [-0.05, 0) is 37.3 Å². The van der Waals surface area contributed by atoms with Crippen molar-refractivity contribution in [2.75, 3.05) is 13.4 Å². The Labute approximate surface area is 164 Å². The zero-order chi connectivity index (χ0) is 20.8. The fourth-order valence-electron chi connectivity index (χ4n) is 3.49. The van der Waals surface area contributed by atoms with E-state index in [1.54, 1.807) is 37.4 Å². The highest BCUT2D eigenvalue weighted by Crippen LogP contribution is 2.40. The molecule has 0 atom stereocenters. The molecule has 2 heterocycles. The fourth-order valence-corrected chi connectivity index (χ4v) is 3.49. The summed E-state index contributed by atoms with van der Waals surface area (Å²) < 4.78 is 47.0. The maximum atomic E-state index is 15.2. The van der Waals surface area contributed by atoms with E-state index in [4.69, 9.17) is 9.47 Å². The summed E-state index contributed by atoms with van der Waals surface area (Å²) >= 11 is 0. The molecule has 0 unspecified atom stereocenters. The molecular weight excluding hydrogens is 384 g/mol. The number of para-hydroxylation sites is 1. The third-order valence-electron chi connectivity index (χ3n) is 4.80. The highest BCUT2D eigenvalue weighted by atomic mass is 19.3. The lowest BCUT2D eigenvalue weighted by Crippen LogP contribution is -2.35. The Morgan fingerprint density at radius 2 is 1.90 bits per heavy atom. The summed E-state index contributed by atoms with van der Waals surface area (Å²) in [6, 6.07) is 11.0. The third kappa shape index (κ3) is 2.91. The predicted octanol–water partition coefficient (Wildman–Crippen LogP) is 3.59. The van der Waals surface area contributed by atoms with Gasteiger partial charge in [-0.3, -0.25) is 4.79 Å². The molecule has 0 amide bonds. The SMILES string of the molecule is CCOC(=O)C(F)(F)c1c(-c2ccc3c(c2)OCO3)n(C)c2ccccc2c1=O. The van der Waals surface area contributed by atoms with Gasteiger partial charge in [0.25, 0.3) is 0 Å². The molecule has 2 aromatic carbocycles. The van der Waals surface area contributed by atoms with E-state index in [-0.39, 0.29) is 24.5 Å². The van der Waals surface area contributed by atoms with Gasteiger partial charge in [-0.25, -0.2) is 4.79 Å². The Hall–Kier alpha value is -3.42. The van der Waals surface area contributed by atoms with E-state index in [0.29, 0.717) is 22.6 Å². The number of aromatic nitrogens is 1. The van der Waals surface area contributed by atoms with Crippen LogP contribution in [-0.2, 0) is 22.5 Å². The summed E-state index contributed by atoms with van der Waals surface area (Å²) in [5.74, 6) is -5.07. The van der Waals surface area contributed by atoms with E-state index in [1.807, 2.05) is 0 Å². The van der Waals surface area contributed by atoms with E-state index >= 15 is 8.78 Å². The van der Waals surface area contributed by atoms with Gasteiger partial charge in [-0.1, -0.05) is 12.1 Å². The monoisotopic (exact) mass is 401 g/mol. The number of benzene rings is 2. The lowest BCUT2D eigenvalue weighted by Gasteiger charge is -2.22. The number of nitrogens with zero attached hydrogens (tertiary/aromatic N) is 1. The van der Waals surface area contributed by atoms with Crippen molar-refractivity contribution in [3.05, 3.63) is 58.3 Å². The number of rotatable bonds is 4. The van der Waals surface area contributed by atoms with E-state index in [0.717, 1.165) is 0 Å². The number of hydrogen-bond acceptors (Lipinski definition) is 5. The van der Waals surface area contributed by atoms with E-state index in [1.165, 1.54) is 23.6 Å². The van der Waals surface area contributed by atoms with Crippen LogP contribution >= 0.6 is 0 Å². The number of aryl methyl sites for hydroxylation is 1. The predicted molar refractivity (Wildman–Crippen MR) is 101 cm³/mol. The fraction of sp³-hybridized carbons (Fsp3) is 0.238. The Balaban J connectivity index is 2.08. The molecule has 150 valence electrons. The van der Waals surface area contributed by atoms with Crippen LogP contribution in [0.5, 0.6) is 11.5 Å². The standard InChI is InChI=1S/C21H17F2NO5/c1-3-27-20(26)21(22,23)17-18(12-8-9-15-16(10-12)29-11-28-15)24(2)14-7-5-4-6-13(14)19(17)25/h4-10H,3,11H2,1-2H3. The summed E-state index contributed by atoms with van der Waals surface area (Å²) in [5, 5.41) is 0.0819. The normalized spacial score (nSPS) is 13.0. The molecule has 4 rings (SSSR count). The van der Waals surface area contributed by atoms with Crippen LogP contribution < -0.4 is 14.9 Å². The molecule has 0 spiro atoms. The van der Waals surface area contributed by atoms with Crippen molar-refractivity contribution < 1.29 is 27.8 Å². The average Bonchev–Trinajstić information content (AvgIpc) is 3.18. The van der Waals surface area contributed by atoms with Gasteiger partial charge in [0.2, 0.25) is 6.79 Å². The molecule has 0 radical (unpaired) electrons. The van der Waals surface area contributed by atoms with Gasteiger partial charge in [0.15, 0.2) is 16.9 Å². The molecule has 0 N–H and O–H groups in total. The van der Waals surface area contributed by atoms with Crippen LogP contribution in [0.25, 0.3) is 22.2 Å². The van der Waals surface area contributed by atoms with Gasteiger partial charge < -0.3 is 18.8 Å². The van der Waals surface area contributed by atoms with Gasteiger partial charge in [0.05, 0.1) is 17.8 Å². The molecule has 8 heteroatoms. The number of carbonyl (C=O) groups is 1. The zero-order valence-electron chi connectivity index (χ0n) is 15.7. The highest BCUT2D eigenvalue weighted by Gasteiger charge is 2.48. The van der Waals surface area contributed by atoms with Gasteiger partial charge in [-0.15, -0.1) is 0 Å². The van der Waals surface area contributed by atoms with Crippen LogP contribution in [0.4, 0.5) is 8.78 Å². The number of halogens is 2. The molecule has 0 saturated carbocycles. The van der Waals surface area contributed by atoms with Crippen molar-refractivity contribution in [1.82, 2.24) is 4.57 Å². The number of hydrogen-bond donors (Lipinski definition) is 0. The van der Waals surface area contributed by atoms with Gasteiger partial charge in [0, 0.05) is 18.0 Å². The number of carbonyl (C=O) groups excluding carboxylic acids is 1. The van der Waals surface area contributed by atoms with Crippen molar-refractivity contribution in [2.45, 2.75) is 12.8 Å². The average molecular weight is 401 g/mol. The molecule has 6 nitrogen and oxygen atoms in total. The highest BCUT2D eigenvalue weighted by molar-refractivity contribution is 5.89. The molecule has 29 heavy (non-hydrogen) atoms. The molecule has 1 aliphatic rings. The van der Waals surface area contributed by atoms with Crippen LogP contribution in [0.1, 0.15) is 12.5 Å². The van der Waals surface area contributed by atoms with E-state index < -0.39 is 22.9 Å². The van der Waals surface area contributed by atoms with Crippen molar-refractivity contribution >= 4 is 16.9 Å². The van der Waals surface area contributed by atoms with E-state index in [9.17, 15) is 9.59 Å². The van der Waals surface area contributed by atoms with Crippen molar-refractivity contribution in [3.8, 4) is 22.8 Å². The second-order valence-corrected chi connectivity index (χ2v) is 6.49. The molecule has 0 saturated heterocycles. The summed E-state index contributed by atoms with van der Waals surface area (Å²) in [6.07, 6.45) is 0. The Morgan fingerprint density at radius 3 is 2.66 bits per heavy atom. The maximum absolute atomic E-state index is 15.2.